The van der Waals surface area contributed by atoms with E-state index in [1.54, 1.807) is 6.07 Å². The van der Waals surface area contributed by atoms with Crippen LogP contribution in [0.15, 0.2) is 24.4 Å². The van der Waals surface area contributed by atoms with Crippen molar-refractivity contribution in [2.24, 2.45) is 17.8 Å². The minimum absolute atomic E-state index is 0.0980. The molecule has 0 spiro atoms. The Morgan fingerprint density at radius 1 is 1.16 bits per heavy atom. The lowest BCUT2D eigenvalue weighted by atomic mass is 9.61. The zero-order valence-corrected chi connectivity index (χ0v) is 16.7. The second kappa shape index (κ2) is 7.49. The van der Waals surface area contributed by atoms with Crippen molar-refractivity contribution in [1.82, 2.24) is 4.98 Å². The number of benzene rings is 1. The van der Waals surface area contributed by atoms with E-state index in [0.29, 0.717) is 23.5 Å². The van der Waals surface area contributed by atoms with Gasteiger partial charge in [0.2, 0.25) is 0 Å². The highest BCUT2D eigenvalue weighted by Gasteiger charge is 2.47. The number of pyridine rings is 1. The van der Waals surface area contributed by atoms with Crippen molar-refractivity contribution in [2.75, 3.05) is 17.2 Å². The van der Waals surface area contributed by atoms with E-state index in [-0.39, 0.29) is 35.0 Å². The fourth-order valence-corrected chi connectivity index (χ4v) is 5.73. The highest BCUT2D eigenvalue weighted by molar-refractivity contribution is 5.73. The molecule has 6 rings (SSSR count). The van der Waals surface area contributed by atoms with Gasteiger partial charge in [0.15, 0.2) is 0 Å². The summed E-state index contributed by atoms with van der Waals surface area (Å²) in [5.41, 5.74) is 1.55. The van der Waals surface area contributed by atoms with Gasteiger partial charge in [-0.2, -0.15) is 5.26 Å². The van der Waals surface area contributed by atoms with Gasteiger partial charge in [-0.1, -0.05) is 0 Å². The molecule has 8 heteroatoms. The second-order valence-electron chi connectivity index (χ2n) is 8.76. The summed E-state index contributed by atoms with van der Waals surface area (Å²) in [4.78, 5) is 16.0. The summed E-state index contributed by atoms with van der Waals surface area (Å²) >= 11 is 0. The standard InChI is InChI=1S/C23H22F2N4O2/c24-14-6-16-17(10-28-22(16)27-9-14)15-7-19(18(25)5-13(15)8-26)29-21-12-3-1-11(2-4-12)20(21)23(30)31/h5-7,9,11-12,17,20-21,29H,1-4,10H2,(H,27,28)(H,30,31)/t11?,12?,17?,20-,21-/m1/s1. The molecule has 2 bridgehead atoms. The highest BCUT2D eigenvalue weighted by atomic mass is 19.1. The lowest BCUT2D eigenvalue weighted by molar-refractivity contribution is -0.148. The van der Waals surface area contributed by atoms with E-state index < -0.39 is 23.5 Å². The van der Waals surface area contributed by atoms with Crippen LogP contribution in [0.5, 0.6) is 0 Å². The topological polar surface area (TPSA) is 98.0 Å². The Balaban J connectivity index is 1.53. The molecule has 160 valence electrons. The Hall–Kier alpha value is -3.21. The molecule has 3 atom stereocenters. The van der Waals surface area contributed by atoms with E-state index in [0.717, 1.165) is 31.9 Å². The average Bonchev–Trinajstić information content (AvgIpc) is 3.18. The third-order valence-corrected chi connectivity index (χ3v) is 7.19. The molecule has 1 aromatic heterocycles. The monoisotopic (exact) mass is 424 g/mol. The molecule has 0 amide bonds. The molecule has 1 unspecified atom stereocenters. The van der Waals surface area contributed by atoms with Crippen molar-refractivity contribution < 1.29 is 18.7 Å². The van der Waals surface area contributed by atoms with Crippen molar-refractivity contribution in [3.05, 3.63) is 52.7 Å². The molecular weight excluding hydrogens is 402 g/mol. The van der Waals surface area contributed by atoms with E-state index in [1.807, 2.05) is 6.07 Å². The third kappa shape index (κ3) is 3.29. The molecule has 2 aromatic rings. The van der Waals surface area contributed by atoms with Crippen molar-refractivity contribution >= 4 is 17.5 Å². The number of nitriles is 1. The fourth-order valence-electron chi connectivity index (χ4n) is 5.73. The molecule has 0 radical (unpaired) electrons. The van der Waals surface area contributed by atoms with Gasteiger partial charge in [0.05, 0.1) is 29.4 Å². The molecule has 3 N–H and O–H groups in total. The predicted octanol–water partition coefficient (Wildman–Crippen LogP) is 4.09. The van der Waals surface area contributed by atoms with Crippen LogP contribution < -0.4 is 10.6 Å². The van der Waals surface area contributed by atoms with Crippen molar-refractivity contribution in [3.8, 4) is 6.07 Å². The molecule has 31 heavy (non-hydrogen) atoms. The van der Waals surface area contributed by atoms with Gasteiger partial charge in [-0.3, -0.25) is 4.79 Å². The number of nitrogens with one attached hydrogen (secondary N) is 2. The average molecular weight is 424 g/mol. The number of hydrogen-bond donors (Lipinski definition) is 3. The molecule has 3 aliphatic carbocycles. The Kier molecular flexibility index (Phi) is 4.77. The van der Waals surface area contributed by atoms with Crippen LogP contribution in [0.2, 0.25) is 0 Å². The van der Waals surface area contributed by atoms with Crippen LogP contribution >= 0.6 is 0 Å². The molecule has 4 aliphatic rings. The highest BCUT2D eigenvalue weighted by Crippen LogP contribution is 2.47. The van der Waals surface area contributed by atoms with Gasteiger partial charge in [-0.25, -0.2) is 13.8 Å². The maximum atomic E-state index is 14.9. The predicted molar refractivity (Wildman–Crippen MR) is 110 cm³/mol. The molecule has 3 fully saturated rings. The molecule has 1 aliphatic heterocycles. The number of carboxylic acid groups (broad SMARTS) is 1. The third-order valence-electron chi connectivity index (χ3n) is 7.19. The van der Waals surface area contributed by atoms with E-state index in [1.165, 1.54) is 12.1 Å². The summed E-state index contributed by atoms with van der Waals surface area (Å²) in [6, 6.07) is 5.83. The van der Waals surface area contributed by atoms with Crippen molar-refractivity contribution in [1.29, 1.82) is 5.26 Å². The first-order valence-corrected chi connectivity index (χ1v) is 10.6. The molecule has 1 aromatic carbocycles. The number of halogens is 2. The molecular formula is C23H22F2N4O2. The molecule has 2 heterocycles. The van der Waals surface area contributed by atoms with Crippen LogP contribution in [0.4, 0.5) is 20.3 Å². The number of hydrogen-bond acceptors (Lipinski definition) is 5. The Morgan fingerprint density at radius 2 is 1.90 bits per heavy atom. The first-order chi connectivity index (χ1) is 15.0. The number of carbonyl (C=O) groups is 1. The largest absolute Gasteiger partial charge is 0.481 e. The fraction of sp³-hybridized carbons (Fsp3) is 0.435. The normalized spacial score (nSPS) is 28.5. The van der Waals surface area contributed by atoms with Gasteiger partial charge < -0.3 is 15.7 Å². The zero-order valence-electron chi connectivity index (χ0n) is 16.7. The number of aromatic nitrogens is 1. The Bertz CT molecular complexity index is 1090. The number of rotatable bonds is 4. The lowest BCUT2D eigenvalue weighted by Crippen LogP contribution is -2.51. The Morgan fingerprint density at radius 3 is 2.61 bits per heavy atom. The minimum Gasteiger partial charge on any atom is -0.481 e. The van der Waals surface area contributed by atoms with E-state index in [2.05, 4.69) is 15.6 Å². The quantitative estimate of drug-likeness (QED) is 0.684. The zero-order chi connectivity index (χ0) is 21.7. The van der Waals surface area contributed by atoms with Crippen LogP contribution in [-0.4, -0.2) is 28.6 Å². The van der Waals surface area contributed by atoms with Gasteiger partial charge in [0, 0.05) is 24.1 Å². The molecule has 0 saturated heterocycles. The smallest absolute Gasteiger partial charge is 0.308 e. The van der Waals surface area contributed by atoms with Crippen LogP contribution in [-0.2, 0) is 4.79 Å². The second-order valence-corrected chi connectivity index (χ2v) is 8.76. The maximum absolute atomic E-state index is 14.9. The molecule has 3 saturated carbocycles. The Labute approximate surface area is 178 Å². The molecule has 6 nitrogen and oxygen atoms in total. The first kappa shape index (κ1) is 19.7. The number of nitrogens with zero attached hydrogens (tertiary/aromatic N) is 2. The van der Waals surface area contributed by atoms with Gasteiger partial charge >= 0.3 is 5.97 Å². The first-order valence-electron chi connectivity index (χ1n) is 10.6. The minimum atomic E-state index is -0.850. The van der Waals surface area contributed by atoms with E-state index in [4.69, 9.17) is 0 Å². The van der Waals surface area contributed by atoms with Crippen LogP contribution in [0, 0.1) is 40.7 Å². The summed E-state index contributed by atoms with van der Waals surface area (Å²) in [6.45, 7) is 0.414. The number of fused-ring (bicyclic) bond motifs is 4. The SMILES string of the molecule is N#Cc1cc(F)c(N[C@@H]2C3CCC(CC3)[C@H]2C(=O)O)cc1C1CNc2ncc(F)cc21. The van der Waals surface area contributed by atoms with Crippen LogP contribution in [0.25, 0.3) is 0 Å². The van der Waals surface area contributed by atoms with Crippen LogP contribution in [0.1, 0.15) is 48.3 Å². The maximum Gasteiger partial charge on any atom is 0.308 e. The number of aliphatic carboxylic acids is 1. The summed E-state index contributed by atoms with van der Waals surface area (Å²) < 4.78 is 28.7. The van der Waals surface area contributed by atoms with Crippen molar-refractivity contribution in [3.63, 3.8) is 0 Å². The van der Waals surface area contributed by atoms with E-state index >= 15 is 0 Å². The number of anilines is 2. The van der Waals surface area contributed by atoms with Gasteiger partial charge in [-0.15, -0.1) is 0 Å². The van der Waals surface area contributed by atoms with Gasteiger partial charge in [0.1, 0.15) is 17.5 Å². The number of carboxylic acids is 1. The van der Waals surface area contributed by atoms with Crippen molar-refractivity contribution in [2.45, 2.75) is 37.6 Å². The lowest BCUT2D eigenvalue weighted by Gasteiger charge is -2.47. The summed E-state index contributed by atoms with van der Waals surface area (Å²) in [5.74, 6) is -2.01. The summed E-state index contributed by atoms with van der Waals surface area (Å²) in [7, 11) is 0. The summed E-state index contributed by atoms with van der Waals surface area (Å²) in [6.07, 6.45) is 4.78. The van der Waals surface area contributed by atoms with Gasteiger partial charge in [-0.05, 0) is 61.3 Å². The summed E-state index contributed by atoms with van der Waals surface area (Å²) in [5, 5.41) is 25.7. The van der Waals surface area contributed by atoms with E-state index in [9.17, 15) is 23.9 Å². The van der Waals surface area contributed by atoms with Gasteiger partial charge in [0.25, 0.3) is 0 Å². The van der Waals surface area contributed by atoms with Crippen LogP contribution in [0.3, 0.4) is 0 Å².